The maximum absolute atomic E-state index is 12.3. The standard InChI is InChI=1S/C22H30N4O3/c1-15(2)29-18-10-8-17(9-11-18)21-24-22(28)19(25-26-21)12-13-20(27)23-14-16-6-4-3-5-7-16/h8-11,15-16H,3-7,12-14H2,1-2H3,(H,23,27)(H,24,26,28). The van der Waals surface area contributed by atoms with Gasteiger partial charge in [-0.15, -0.1) is 10.2 Å². The van der Waals surface area contributed by atoms with Crippen molar-refractivity contribution in [3.05, 3.63) is 40.3 Å². The van der Waals surface area contributed by atoms with Crippen LogP contribution < -0.4 is 15.6 Å². The lowest BCUT2D eigenvalue weighted by molar-refractivity contribution is -0.121. The van der Waals surface area contributed by atoms with E-state index in [-0.39, 0.29) is 36.1 Å². The maximum Gasteiger partial charge on any atom is 0.273 e. The van der Waals surface area contributed by atoms with E-state index in [0.717, 1.165) is 17.9 Å². The molecule has 0 unspecified atom stereocenters. The van der Waals surface area contributed by atoms with Crippen molar-refractivity contribution in [2.24, 2.45) is 5.92 Å². The van der Waals surface area contributed by atoms with Crippen molar-refractivity contribution in [1.29, 1.82) is 0 Å². The largest absolute Gasteiger partial charge is 0.491 e. The molecule has 7 heteroatoms. The Kier molecular flexibility index (Phi) is 7.38. The first-order valence-electron chi connectivity index (χ1n) is 10.5. The molecule has 1 aromatic heterocycles. The van der Waals surface area contributed by atoms with Gasteiger partial charge in [0.15, 0.2) is 5.82 Å². The number of hydrogen-bond acceptors (Lipinski definition) is 5. The van der Waals surface area contributed by atoms with Gasteiger partial charge in [-0.3, -0.25) is 9.59 Å². The summed E-state index contributed by atoms with van der Waals surface area (Å²) in [4.78, 5) is 27.2. The van der Waals surface area contributed by atoms with E-state index in [4.69, 9.17) is 4.74 Å². The van der Waals surface area contributed by atoms with Gasteiger partial charge in [0.1, 0.15) is 11.4 Å². The van der Waals surface area contributed by atoms with Crippen molar-refractivity contribution in [3.8, 4) is 17.1 Å². The summed E-state index contributed by atoms with van der Waals surface area (Å²) in [6.45, 7) is 4.66. The normalized spacial score (nSPS) is 14.7. The smallest absolute Gasteiger partial charge is 0.273 e. The molecule has 7 nitrogen and oxygen atoms in total. The molecule has 156 valence electrons. The predicted octanol–water partition coefficient (Wildman–Crippen LogP) is 3.25. The number of carbonyl (C=O) groups excluding carboxylic acids is 1. The summed E-state index contributed by atoms with van der Waals surface area (Å²) in [7, 11) is 0. The Morgan fingerprint density at radius 2 is 1.90 bits per heavy atom. The molecule has 1 aliphatic carbocycles. The highest BCUT2D eigenvalue weighted by atomic mass is 16.5. The van der Waals surface area contributed by atoms with Crippen LogP contribution in [0, 0.1) is 5.92 Å². The van der Waals surface area contributed by atoms with Crippen LogP contribution in [0.15, 0.2) is 29.1 Å². The fraction of sp³-hybridized carbons (Fsp3) is 0.545. The molecule has 1 saturated carbocycles. The Morgan fingerprint density at radius 1 is 1.17 bits per heavy atom. The van der Waals surface area contributed by atoms with Crippen LogP contribution in [-0.2, 0) is 11.2 Å². The molecule has 0 aliphatic heterocycles. The number of rotatable bonds is 8. The Morgan fingerprint density at radius 3 is 2.55 bits per heavy atom. The quantitative estimate of drug-likeness (QED) is 0.711. The van der Waals surface area contributed by atoms with Crippen molar-refractivity contribution >= 4 is 5.91 Å². The van der Waals surface area contributed by atoms with E-state index in [1.165, 1.54) is 32.1 Å². The highest BCUT2D eigenvalue weighted by Crippen LogP contribution is 2.22. The lowest BCUT2D eigenvalue weighted by Crippen LogP contribution is -2.31. The topological polar surface area (TPSA) is 97.0 Å². The lowest BCUT2D eigenvalue weighted by Gasteiger charge is -2.21. The second kappa shape index (κ2) is 10.2. The van der Waals surface area contributed by atoms with E-state index < -0.39 is 0 Å². The van der Waals surface area contributed by atoms with Crippen molar-refractivity contribution in [2.75, 3.05) is 6.54 Å². The fourth-order valence-electron chi connectivity index (χ4n) is 3.59. The van der Waals surface area contributed by atoms with Crippen LogP contribution in [0.4, 0.5) is 0 Å². The Bertz CT molecular complexity index is 855. The highest BCUT2D eigenvalue weighted by molar-refractivity contribution is 5.76. The molecule has 0 radical (unpaired) electrons. The lowest BCUT2D eigenvalue weighted by atomic mass is 9.89. The SMILES string of the molecule is CC(C)Oc1ccc(-c2nnc(CCC(=O)NCC3CCCCC3)c(=O)[nH]2)cc1. The molecule has 1 aliphatic rings. The molecule has 1 amide bonds. The third-order valence-electron chi connectivity index (χ3n) is 5.17. The van der Waals surface area contributed by atoms with Crippen LogP contribution >= 0.6 is 0 Å². The van der Waals surface area contributed by atoms with Gasteiger partial charge in [-0.1, -0.05) is 19.3 Å². The highest BCUT2D eigenvalue weighted by Gasteiger charge is 2.15. The van der Waals surface area contributed by atoms with E-state index >= 15 is 0 Å². The first-order valence-corrected chi connectivity index (χ1v) is 10.5. The van der Waals surface area contributed by atoms with Crippen molar-refractivity contribution in [2.45, 2.75) is 64.9 Å². The first kappa shape index (κ1) is 21.0. The number of aromatic amines is 1. The van der Waals surface area contributed by atoms with Gasteiger partial charge in [0.05, 0.1) is 6.10 Å². The number of aryl methyl sites for hydroxylation is 1. The van der Waals surface area contributed by atoms with Crippen LogP contribution in [0.25, 0.3) is 11.4 Å². The molecule has 2 N–H and O–H groups in total. The molecule has 0 bridgehead atoms. The van der Waals surface area contributed by atoms with Gasteiger partial charge in [-0.2, -0.15) is 0 Å². The van der Waals surface area contributed by atoms with E-state index in [1.807, 2.05) is 38.1 Å². The molecule has 0 atom stereocenters. The van der Waals surface area contributed by atoms with E-state index in [9.17, 15) is 9.59 Å². The molecular formula is C22H30N4O3. The molecule has 29 heavy (non-hydrogen) atoms. The van der Waals surface area contributed by atoms with Gasteiger partial charge in [0.25, 0.3) is 5.56 Å². The molecule has 2 aromatic rings. The van der Waals surface area contributed by atoms with Crippen LogP contribution in [0.2, 0.25) is 0 Å². The number of nitrogens with one attached hydrogen (secondary N) is 2. The third-order valence-corrected chi connectivity index (χ3v) is 5.17. The van der Waals surface area contributed by atoms with Gasteiger partial charge >= 0.3 is 0 Å². The monoisotopic (exact) mass is 398 g/mol. The Hall–Kier alpha value is -2.70. The summed E-state index contributed by atoms with van der Waals surface area (Å²) in [6.07, 6.45) is 6.81. The number of aromatic nitrogens is 3. The van der Waals surface area contributed by atoms with Crippen molar-refractivity contribution in [3.63, 3.8) is 0 Å². The Balaban J connectivity index is 1.52. The van der Waals surface area contributed by atoms with Gasteiger partial charge in [-0.05, 0) is 56.9 Å². The molecule has 0 saturated heterocycles. The average molecular weight is 399 g/mol. The summed E-state index contributed by atoms with van der Waals surface area (Å²) in [5.41, 5.74) is 0.724. The van der Waals surface area contributed by atoms with Gasteiger partial charge in [-0.25, -0.2) is 0 Å². The number of amides is 1. The Labute approximate surface area is 171 Å². The van der Waals surface area contributed by atoms with E-state index in [0.29, 0.717) is 11.7 Å². The number of hydrogen-bond donors (Lipinski definition) is 2. The van der Waals surface area contributed by atoms with Crippen LogP contribution in [-0.4, -0.2) is 33.7 Å². The second-order valence-electron chi connectivity index (χ2n) is 7.95. The minimum atomic E-state index is -0.308. The zero-order valence-electron chi connectivity index (χ0n) is 17.2. The summed E-state index contributed by atoms with van der Waals surface area (Å²) >= 11 is 0. The van der Waals surface area contributed by atoms with Gasteiger partial charge in [0.2, 0.25) is 5.91 Å². The zero-order valence-corrected chi connectivity index (χ0v) is 17.2. The van der Waals surface area contributed by atoms with Crippen LogP contribution in [0.5, 0.6) is 5.75 Å². The van der Waals surface area contributed by atoms with E-state index in [1.54, 1.807) is 0 Å². The van der Waals surface area contributed by atoms with Crippen LogP contribution in [0.3, 0.4) is 0 Å². The number of ether oxygens (including phenoxy) is 1. The summed E-state index contributed by atoms with van der Waals surface area (Å²) in [5.74, 6) is 1.71. The fourth-order valence-corrected chi connectivity index (χ4v) is 3.59. The van der Waals surface area contributed by atoms with Gasteiger partial charge in [0, 0.05) is 24.9 Å². The number of carbonyl (C=O) groups is 1. The number of H-pyrrole nitrogens is 1. The van der Waals surface area contributed by atoms with Crippen LogP contribution in [0.1, 0.15) is 58.1 Å². The zero-order chi connectivity index (χ0) is 20.6. The maximum atomic E-state index is 12.3. The molecule has 3 rings (SSSR count). The van der Waals surface area contributed by atoms with Crippen molar-refractivity contribution < 1.29 is 9.53 Å². The first-order chi connectivity index (χ1) is 14.0. The third kappa shape index (κ3) is 6.41. The molecular weight excluding hydrogens is 368 g/mol. The minimum Gasteiger partial charge on any atom is -0.491 e. The summed E-state index contributed by atoms with van der Waals surface area (Å²) in [6, 6.07) is 7.33. The molecule has 1 heterocycles. The minimum absolute atomic E-state index is 0.0402. The molecule has 1 fully saturated rings. The van der Waals surface area contributed by atoms with Gasteiger partial charge < -0.3 is 15.0 Å². The summed E-state index contributed by atoms with van der Waals surface area (Å²) < 4.78 is 5.61. The molecule has 0 spiro atoms. The average Bonchev–Trinajstić information content (AvgIpc) is 2.72. The number of nitrogens with zero attached hydrogens (tertiary/aromatic N) is 2. The summed E-state index contributed by atoms with van der Waals surface area (Å²) in [5, 5.41) is 11.1. The predicted molar refractivity (Wildman–Crippen MR) is 112 cm³/mol. The molecule has 1 aromatic carbocycles. The van der Waals surface area contributed by atoms with E-state index in [2.05, 4.69) is 20.5 Å². The van der Waals surface area contributed by atoms with Crippen molar-refractivity contribution in [1.82, 2.24) is 20.5 Å². The second-order valence-corrected chi connectivity index (χ2v) is 7.95. The number of benzene rings is 1.